The molecule has 6 rings (SSSR count). The molecule has 4 aromatic carbocycles. The summed E-state index contributed by atoms with van der Waals surface area (Å²) in [5.74, 6) is 0. The van der Waals surface area contributed by atoms with Crippen LogP contribution in [0.25, 0.3) is 44.5 Å². The van der Waals surface area contributed by atoms with Gasteiger partial charge in [-0.3, -0.25) is 0 Å². The second kappa shape index (κ2) is 9.31. The molecule has 0 atom stereocenters. The summed E-state index contributed by atoms with van der Waals surface area (Å²) in [5.41, 5.74) is 13.4. The zero-order valence-electron chi connectivity index (χ0n) is 19.6. The fourth-order valence-corrected chi connectivity index (χ4v) is 5.33. The van der Waals surface area contributed by atoms with Crippen molar-refractivity contribution in [1.29, 1.82) is 0 Å². The van der Waals surface area contributed by atoms with E-state index in [-0.39, 0.29) is 0 Å². The Bertz CT molecular complexity index is 1220. The maximum atomic E-state index is 2.39. The highest BCUT2D eigenvalue weighted by Crippen LogP contribution is 2.32. The van der Waals surface area contributed by atoms with Crippen LogP contribution < -0.4 is 0 Å². The predicted molar refractivity (Wildman–Crippen MR) is 146 cm³/mol. The highest BCUT2D eigenvalue weighted by Gasteiger charge is 2.09. The van der Waals surface area contributed by atoms with E-state index in [1.165, 1.54) is 94.2 Å². The molecule has 0 amide bonds. The van der Waals surface area contributed by atoms with Crippen LogP contribution in [-0.4, -0.2) is 0 Å². The Labute approximate surface area is 203 Å². The van der Waals surface area contributed by atoms with Crippen molar-refractivity contribution in [2.75, 3.05) is 0 Å². The Balaban J connectivity index is 1.16. The summed E-state index contributed by atoms with van der Waals surface area (Å²) in [7, 11) is 0. The van der Waals surface area contributed by atoms with Crippen LogP contribution in [0.2, 0.25) is 0 Å². The Morgan fingerprint density at radius 1 is 0.294 bits per heavy atom. The quantitative estimate of drug-likeness (QED) is 0.291. The minimum Gasteiger partial charge on any atom is -0.0807 e. The molecule has 0 N–H and O–H groups in total. The van der Waals surface area contributed by atoms with Crippen molar-refractivity contribution < 1.29 is 0 Å². The SMILES string of the molecule is C1=C(c2ccc(-c3ccc(-c4ccc(-c5ccc(C6=CCCC6)cc5)cc4)cc3)cc2)CCC1. The van der Waals surface area contributed by atoms with Gasteiger partial charge < -0.3 is 0 Å². The molecule has 0 nitrogen and oxygen atoms in total. The third kappa shape index (κ3) is 4.29. The van der Waals surface area contributed by atoms with Gasteiger partial charge in [0.05, 0.1) is 0 Å². The molecule has 0 bridgehead atoms. The first-order valence-electron chi connectivity index (χ1n) is 12.6. The van der Waals surface area contributed by atoms with Gasteiger partial charge in [0, 0.05) is 0 Å². The first kappa shape index (κ1) is 20.9. The van der Waals surface area contributed by atoms with Crippen LogP contribution in [0, 0.1) is 0 Å². The molecule has 0 spiro atoms. The van der Waals surface area contributed by atoms with Crippen LogP contribution in [0.15, 0.2) is 109 Å². The molecule has 0 aliphatic heterocycles. The summed E-state index contributed by atoms with van der Waals surface area (Å²) in [5, 5.41) is 0. The van der Waals surface area contributed by atoms with Crippen LogP contribution in [0.1, 0.15) is 49.7 Å². The minimum absolute atomic E-state index is 1.22. The van der Waals surface area contributed by atoms with Crippen molar-refractivity contribution in [2.45, 2.75) is 38.5 Å². The third-order valence-corrected chi connectivity index (χ3v) is 7.36. The standard InChI is InChI=1S/C34H30/c1-2-6-25(5-1)27-9-13-29(14-10-27)31-17-21-33(22-18-31)34-23-19-32(20-24-34)30-15-11-28(12-16-30)26-7-3-4-8-26/h5,7,9-24H,1-4,6,8H2. The van der Waals surface area contributed by atoms with Gasteiger partial charge in [0.15, 0.2) is 0 Å². The molecule has 0 saturated heterocycles. The fourth-order valence-electron chi connectivity index (χ4n) is 5.33. The van der Waals surface area contributed by atoms with Crippen molar-refractivity contribution in [1.82, 2.24) is 0 Å². The molecule has 0 heteroatoms. The molecular formula is C34H30. The molecule has 0 unspecified atom stereocenters. The summed E-state index contributed by atoms with van der Waals surface area (Å²) in [4.78, 5) is 0. The largest absolute Gasteiger partial charge is 0.0807 e. The molecule has 166 valence electrons. The summed E-state index contributed by atoms with van der Waals surface area (Å²) >= 11 is 0. The van der Waals surface area contributed by atoms with Gasteiger partial charge in [-0.15, -0.1) is 0 Å². The van der Waals surface area contributed by atoms with E-state index in [1.54, 1.807) is 0 Å². The summed E-state index contributed by atoms with van der Waals surface area (Å²) in [6.07, 6.45) is 12.3. The topological polar surface area (TPSA) is 0 Å². The lowest BCUT2D eigenvalue weighted by Crippen LogP contribution is -1.84. The van der Waals surface area contributed by atoms with E-state index in [4.69, 9.17) is 0 Å². The van der Waals surface area contributed by atoms with Gasteiger partial charge in [0.2, 0.25) is 0 Å². The van der Waals surface area contributed by atoms with E-state index >= 15 is 0 Å². The second-order valence-corrected chi connectivity index (χ2v) is 9.55. The summed E-state index contributed by atoms with van der Waals surface area (Å²) in [6, 6.07) is 36.0. The van der Waals surface area contributed by atoms with Gasteiger partial charge in [0.25, 0.3) is 0 Å². The van der Waals surface area contributed by atoms with E-state index in [2.05, 4.69) is 109 Å². The Morgan fingerprint density at radius 3 is 0.735 bits per heavy atom. The average molecular weight is 439 g/mol. The number of benzene rings is 4. The molecular weight excluding hydrogens is 408 g/mol. The van der Waals surface area contributed by atoms with Crippen molar-refractivity contribution in [3.8, 4) is 33.4 Å². The fraction of sp³-hybridized carbons (Fsp3) is 0.176. The molecule has 2 aliphatic carbocycles. The minimum atomic E-state index is 1.22. The normalized spacial score (nSPS) is 15.3. The lowest BCUT2D eigenvalue weighted by Gasteiger charge is -2.09. The van der Waals surface area contributed by atoms with Crippen molar-refractivity contribution in [3.63, 3.8) is 0 Å². The van der Waals surface area contributed by atoms with Crippen LogP contribution in [0.4, 0.5) is 0 Å². The third-order valence-electron chi connectivity index (χ3n) is 7.36. The van der Waals surface area contributed by atoms with E-state index in [9.17, 15) is 0 Å². The zero-order chi connectivity index (χ0) is 22.7. The number of hydrogen-bond acceptors (Lipinski definition) is 0. The predicted octanol–water partition coefficient (Wildman–Crippen LogP) is 9.82. The van der Waals surface area contributed by atoms with Gasteiger partial charge in [-0.2, -0.15) is 0 Å². The van der Waals surface area contributed by atoms with Gasteiger partial charge >= 0.3 is 0 Å². The molecule has 0 fully saturated rings. The zero-order valence-corrected chi connectivity index (χ0v) is 19.6. The summed E-state index contributed by atoms with van der Waals surface area (Å²) < 4.78 is 0. The lowest BCUT2D eigenvalue weighted by atomic mass is 9.96. The van der Waals surface area contributed by atoms with Crippen molar-refractivity contribution in [3.05, 3.63) is 120 Å². The first-order chi connectivity index (χ1) is 16.8. The van der Waals surface area contributed by atoms with E-state index in [0.717, 1.165) is 0 Å². The molecule has 34 heavy (non-hydrogen) atoms. The number of rotatable bonds is 5. The van der Waals surface area contributed by atoms with E-state index < -0.39 is 0 Å². The van der Waals surface area contributed by atoms with Gasteiger partial charge in [-0.1, -0.05) is 109 Å². The molecule has 0 radical (unpaired) electrons. The highest BCUT2D eigenvalue weighted by molar-refractivity contribution is 5.76. The maximum absolute atomic E-state index is 2.39. The van der Waals surface area contributed by atoms with Gasteiger partial charge in [-0.05, 0) is 94.2 Å². The van der Waals surface area contributed by atoms with Crippen LogP contribution in [0.5, 0.6) is 0 Å². The monoisotopic (exact) mass is 438 g/mol. The molecule has 0 saturated carbocycles. The molecule has 0 heterocycles. The maximum Gasteiger partial charge on any atom is -0.0184 e. The van der Waals surface area contributed by atoms with E-state index in [1.807, 2.05) is 0 Å². The average Bonchev–Trinajstić information content (AvgIpc) is 3.65. The van der Waals surface area contributed by atoms with Crippen molar-refractivity contribution in [2.24, 2.45) is 0 Å². The first-order valence-corrected chi connectivity index (χ1v) is 12.6. The number of hydrogen-bond donors (Lipinski definition) is 0. The van der Waals surface area contributed by atoms with Gasteiger partial charge in [-0.25, -0.2) is 0 Å². The molecule has 4 aromatic rings. The molecule has 2 aliphatic rings. The number of allylic oxidation sites excluding steroid dienone is 4. The van der Waals surface area contributed by atoms with E-state index in [0.29, 0.717) is 0 Å². The highest BCUT2D eigenvalue weighted by atomic mass is 14.1. The van der Waals surface area contributed by atoms with Gasteiger partial charge in [0.1, 0.15) is 0 Å². The summed E-state index contributed by atoms with van der Waals surface area (Å²) in [6.45, 7) is 0. The van der Waals surface area contributed by atoms with Crippen LogP contribution in [-0.2, 0) is 0 Å². The van der Waals surface area contributed by atoms with Crippen LogP contribution in [0.3, 0.4) is 0 Å². The Hall–Kier alpha value is -3.64. The Morgan fingerprint density at radius 2 is 0.529 bits per heavy atom. The smallest absolute Gasteiger partial charge is 0.0184 e. The van der Waals surface area contributed by atoms with Crippen LogP contribution >= 0.6 is 0 Å². The second-order valence-electron chi connectivity index (χ2n) is 9.55. The Kier molecular flexibility index (Phi) is 5.73. The lowest BCUT2D eigenvalue weighted by molar-refractivity contribution is 0.935. The molecule has 0 aromatic heterocycles. The van der Waals surface area contributed by atoms with Crippen molar-refractivity contribution >= 4 is 11.1 Å².